The van der Waals surface area contributed by atoms with Gasteiger partial charge in [0, 0.05) is 11.6 Å². The number of aryl methyl sites for hydroxylation is 1. The second kappa shape index (κ2) is 7.33. The zero-order valence-electron chi connectivity index (χ0n) is 13.5. The van der Waals surface area contributed by atoms with Crippen LogP contribution in [0.1, 0.15) is 22.3 Å². The maximum Gasteiger partial charge on any atom is 0.416 e. The van der Waals surface area contributed by atoms with E-state index in [1.54, 1.807) is 6.92 Å². The number of rotatable bonds is 4. The lowest BCUT2D eigenvalue weighted by Gasteiger charge is -2.15. The smallest absolute Gasteiger partial charge is 0.207 e. The molecule has 0 aliphatic rings. The predicted molar refractivity (Wildman–Crippen MR) is 86.7 cm³/mol. The summed E-state index contributed by atoms with van der Waals surface area (Å²) in [7, 11) is -4.63. The molecule has 0 saturated heterocycles. The highest BCUT2D eigenvalue weighted by atomic mass is 35.5. The first-order chi connectivity index (χ1) is 12.2. The molecule has 0 bridgehead atoms. The molecule has 1 N–H and O–H groups in total. The van der Waals surface area contributed by atoms with Crippen LogP contribution in [-0.2, 0) is 28.9 Å². The third-order valence-corrected chi connectivity index (χ3v) is 5.24. The molecular weight excluding hydrogens is 420 g/mol. The van der Waals surface area contributed by atoms with Crippen LogP contribution in [-0.4, -0.2) is 8.42 Å². The first kappa shape index (κ1) is 21.5. The highest BCUT2D eigenvalue weighted by Gasteiger charge is 2.38. The lowest BCUT2D eigenvalue weighted by Crippen LogP contribution is -2.25. The van der Waals surface area contributed by atoms with Crippen molar-refractivity contribution >= 4 is 21.6 Å². The van der Waals surface area contributed by atoms with Crippen LogP contribution in [0.2, 0.25) is 5.02 Å². The molecule has 0 aliphatic heterocycles. The molecule has 2 rings (SSSR count). The Hall–Kier alpha value is -1.78. The van der Waals surface area contributed by atoms with Crippen LogP contribution in [0.15, 0.2) is 41.3 Å². The molecule has 2 aromatic carbocycles. The van der Waals surface area contributed by atoms with Gasteiger partial charge in [-0.05, 0) is 48.4 Å². The molecule has 0 saturated carbocycles. The summed E-state index contributed by atoms with van der Waals surface area (Å²) in [6, 6.07) is 4.69. The summed E-state index contributed by atoms with van der Waals surface area (Å²) < 4.78 is 104. The molecule has 0 aromatic heterocycles. The number of hydrogen-bond acceptors (Lipinski definition) is 2. The normalized spacial score (nSPS) is 13.0. The van der Waals surface area contributed by atoms with Crippen molar-refractivity contribution in [2.45, 2.75) is 30.7 Å². The molecule has 27 heavy (non-hydrogen) atoms. The molecule has 0 spiro atoms. The van der Waals surface area contributed by atoms with E-state index in [0.717, 1.165) is 0 Å². The van der Waals surface area contributed by atoms with Gasteiger partial charge in [0.2, 0.25) is 10.0 Å². The lowest BCUT2D eigenvalue weighted by atomic mass is 10.1. The summed E-state index contributed by atoms with van der Waals surface area (Å²) in [4.78, 5) is -1.13. The maximum absolute atomic E-state index is 12.9. The van der Waals surface area contributed by atoms with Gasteiger partial charge in [0.1, 0.15) is 0 Å². The Morgan fingerprint density at radius 1 is 0.926 bits per heavy atom. The monoisotopic (exact) mass is 431 g/mol. The van der Waals surface area contributed by atoms with E-state index in [4.69, 9.17) is 11.6 Å². The van der Waals surface area contributed by atoms with Crippen LogP contribution < -0.4 is 4.72 Å². The van der Waals surface area contributed by atoms with Gasteiger partial charge in [0.05, 0.1) is 16.0 Å². The summed E-state index contributed by atoms with van der Waals surface area (Å²) in [5.41, 5.74) is -2.35. The van der Waals surface area contributed by atoms with E-state index in [1.807, 2.05) is 4.72 Å². The van der Waals surface area contributed by atoms with E-state index in [2.05, 4.69) is 0 Å². The molecular formula is C16H12ClF6NO2S. The van der Waals surface area contributed by atoms with Crippen LogP contribution in [0.5, 0.6) is 0 Å². The summed E-state index contributed by atoms with van der Waals surface area (Å²) >= 11 is 5.77. The number of benzene rings is 2. The maximum atomic E-state index is 12.9. The minimum Gasteiger partial charge on any atom is -0.207 e. The van der Waals surface area contributed by atoms with Crippen molar-refractivity contribution in [2.24, 2.45) is 0 Å². The van der Waals surface area contributed by atoms with E-state index in [-0.39, 0.29) is 24.7 Å². The van der Waals surface area contributed by atoms with Crippen LogP contribution >= 0.6 is 11.6 Å². The van der Waals surface area contributed by atoms with Gasteiger partial charge in [-0.1, -0.05) is 17.7 Å². The SMILES string of the molecule is Cc1cc(Cl)ccc1CNS(=O)(=O)c1cc(C(F)(F)F)cc(C(F)(F)F)c1. The molecule has 3 nitrogen and oxygen atoms in total. The number of alkyl halides is 6. The Morgan fingerprint density at radius 3 is 1.89 bits per heavy atom. The van der Waals surface area contributed by atoms with Crippen molar-refractivity contribution in [3.63, 3.8) is 0 Å². The largest absolute Gasteiger partial charge is 0.416 e. The first-order valence-electron chi connectivity index (χ1n) is 7.24. The molecule has 0 unspecified atom stereocenters. The van der Waals surface area contributed by atoms with Crippen LogP contribution in [0.4, 0.5) is 26.3 Å². The lowest BCUT2D eigenvalue weighted by molar-refractivity contribution is -0.143. The van der Waals surface area contributed by atoms with Crippen molar-refractivity contribution in [1.29, 1.82) is 0 Å². The second-order valence-electron chi connectivity index (χ2n) is 5.64. The Labute approximate surface area is 156 Å². The first-order valence-corrected chi connectivity index (χ1v) is 9.10. The van der Waals surface area contributed by atoms with Gasteiger partial charge in [-0.2, -0.15) is 26.3 Å². The fraction of sp³-hybridized carbons (Fsp3) is 0.250. The van der Waals surface area contributed by atoms with E-state index in [1.165, 1.54) is 18.2 Å². The summed E-state index contributed by atoms with van der Waals surface area (Å²) in [6.07, 6.45) is -10.3. The van der Waals surface area contributed by atoms with Gasteiger partial charge in [0.25, 0.3) is 0 Å². The summed E-state index contributed by atoms with van der Waals surface area (Å²) in [5.74, 6) is 0. The van der Waals surface area contributed by atoms with Crippen LogP contribution in [0, 0.1) is 6.92 Å². The third-order valence-electron chi connectivity index (χ3n) is 3.63. The average molecular weight is 432 g/mol. The Morgan fingerprint density at radius 2 is 1.44 bits per heavy atom. The Bertz CT molecular complexity index is 922. The van der Waals surface area contributed by atoms with Gasteiger partial charge in [-0.25, -0.2) is 13.1 Å². The highest BCUT2D eigenvalue weighted by Crippen LogP contribution is 2.37. The fourth-order valence-corrected chi connectivity index (χ4v) is 3.50. The van der Waals surface area contributed by atoms with Gasteiger partial charge < -0.3 is 0 Å². The molecule has 148 valence electrons. The topological polar surface area (TPSA) is 46.2 Å². The molecule has 0 amide bonds. The predicted octanol–water partition coefficient (Wildman–Crippen LogP) is 5.16. The number of halogens is 7. The summed E-state index contributed by atoms with van der Waals surface area (Å²) in [6.45, 7) is 1.30. The number of hydrogen-bond donors (Lipinski definition) is 1. The molecule has 0 atom stereocenters. The zero-order valence-corrected chi connectivity index (χ0v) is 15.1. The van der Waals surface area contributed by atoms with E-state index >= 15 is 0 Å². The highest BCUT2D eigenvalue weighted by molar-refractivity contribution is 7.89. The van der Waals surface area contributed by atoms with E-state index in [9.17, 15) is 34.8 Å². The van der Waals surface area contributed by atoms with Crippen molar-refractivity contribution in [3.05, 3.63) is 63.7 Å². The van der Waals surface area contributed by atoms with Crippen LogP contribution in [0.3, 0.4) is 0 Å². The van der Waals surface area contributed by atoms with Crippen molar-refractivity contribution in [1.82, 2.24) is 4.72 Å². The summed E-state index contributed by atoms with van der Waals surface area (Å²) in [5, 5.41) is 0.395. The molecule has 0 radical (unpaired) electrons. The molecule has 0 aliphatic carbocycles. The van der Waals surface area contributed by atoms with E-state index in [0.29, 0.717) is 16.1 Å². The second-order valence-corrected chi connectivity index (χ2v) is 7.84. The Kier molecular flexibility index (Phi) is 5.84. The average Bonchev–Trinajstić information content (AvgIpc) is 2.52. The molecule has 0 fully saturated rings. The van der Waals surface area contributed by atoms with Gasteiger partial charge >= 0.3 is 12.4 Å². The Balaban J connectivity index is 2.42. The van der Waals surface area contributed by atoms with Crippen molar-refractivity contribution < 1.29 is 34.8 Å². The van der Waals surface area contributed by atoms with Gasteiger partial charge in [-0.15, -0.1) is 0 Å². The van der Waals surface area contributed by atoms with Gasteiger partial charge in [-0.3, -0.25) is 0 Å². The molecule has 0 heterocycles. The van der Waals surface area contributed by atoms with E-state index < -0.39 is 38.4 Å². The number of nitrogens with one attached hydrogen (secondary N) is 1. The van der Waals surface area contributed by atoms with Crippen LogP contribution in [0.25, 0.3) is 0 Å². The molecule has 2 aromatic rings. The molecule has 11 heteroatoms. The zero-order chi connectivity index (χ0) is 20.6. The minimum atomic E-state index is -5.14. The standard InChI is InChI=1S/C16H12ClF6NO2S/c1-9-4-13(17)3-2-10(9)8-24-27(25,26)14-6-11(15(18,19)20)5-12(7-14)16(21,22)23/h2-7,24H,8H2,1H3. The number of sulfonamides is 1. The quantitative estimate of drug-likeness (QED) is 0.679. The minimum absolute atomic E-state index is 0.137. The fourth-order valence-electron chi connectivity index (χ4n) is 2.20. The van der Waals surface area contributed by atoms with Crippen molar-refractivity contribution in [3.8, 4) is 0 Å². The van der Waals surface area contributed by atoms with Gasteiger partial charge in [0.15, 0.2) is 0 Å². The third kappa shape index (κ3) is 5.36. The van der Waals surface area contributed by atoms with Crippen molar-refractivity contribution in [2.75, 3.05) is 0 Å².